The van der Waals surface area contributed by atoms with Crippen LogP contribution in [0.3, 0.4) is 0 Å². The van der Waals surface area contributed by atoms with Crippen molar-refractivity contribution < 1.29 is 9.47 Å². The van der Waals surface area contributed by atoms with Crippen LogP contribution < -0.4 is 4.74 Å². The fraction of sp³-hybridized carbons (Fsp3) is 0.571. The average molecular weight is 312 g/mol. The van der Waals surface area contributed by atoms with Crippen LogP contribution in [-0.2, 0) is 4.74 Å². The zero-order valence-electron chi connectivity index (χ0n) is 10.3. The lowest BCUT2D eigenvalue weighted by molar-refractivity contribution is -0.0373. The van der Waals surface area contributed by atoms with Crippen molar-refractivity contribution in [1.82, 2.24) is 4.90 Å². The van der Waals surface area contributed by atoms with Gasteiger partial charge in [0.2, 0.25) is 0 Å². The van der Waals surface area contributed by atoms with Crippen molar-refractivity contribution in [1.29, 1.82) is 0 Å². The van der Waals surface area contributed by atoms with Crippen molar-refractivity contribution in [2.75, 3.05) is 26.3 Å². The minimum Gasteiger partial charge on any atom is -0.490 e. The maximum atomic E-state index is 5.95. The number of nitrogens with zero attached hydrogens (tertiary/aromatic N) is 1. The van der Waals surface area contributed by atoms with E-state index in [1.165, 1.54) is 0 Å². The van der Waals surface area contributed by atoms with E-state index in [0.717, 1.165) is 49.4 Å². The van der Waals surface area contributed by atoms with E-state index in [9.17, 15) is 0 Å². The van der Waals surface area contributed by atoms with Gasteiger partial charge in [-0.1, -0.05) is 15.9 Å². The number of morpholine rings is 1. The zero-order valence-corrected chi connectivity index (χ0v) is 11.9. The van der Waals surface area contributed by atoms with Crippen molar-refractivity contribution >= 4 is 15.9 Å². The van der Waals surface area contributed by atoms with E-state index in [1.54, 1.807) is 0 Å². The standard InChI is InChI=1S/C14H18BrNO2/c15-11-1-3-13(4-2-11)18-14-9-12(10-14)16-5-7-17-8-6-16/h1-4,12,14H,5-10H2/t12-,14-. The van der Waals surface area contributed by atoms with E-state index < -0.39 is 0 Å². The Morgan fingerprint density at radius 1 is 1.11 bits per heavy atom. The maximum absolute atomic E-state index is 5.95. The summed E-state index contributed by atoms with van der Waals surface area (Å²) in [4.78, 5) is 2.53. The van der Waals surface area contributed by atoms with Gasteiger partial charge in [0, 0.05) is 36.4 Å². The highest BCUT2D eigenvalue weighted by Gasteiger charge is 2.35. The van der Waals surface area contributed by atoms with E-state index in [2.05, 4.69) is 20.8 Å². The van der Waals surface area contributed by atoms with E-state index in [0.29, 0.717) is 12.1 Å². The quantitative estimate of drug-likeness (QED) is 0.856. The number of rotatable bonds is 3. The van der Waals surface area contributed by atoms with Crippen LogP contribution in [0, 0.1) is 0 Å². The molecule has 1 saturated carbocycles. The SMILES string of the molecule is Brc1ccc(O[C@H]2C[C@H](N3CCOCC3)C2)cc1. The topological polar surface area (TPSA) is 21.7 Å². The van der Waals surface area contributed by atoms with Crippen LogP contribution in [0.15, 0.2) is 28.7 Å². The summed E-state index contributed by atoms with van der Waals surface area (Å²) in [6.07, 6.45) is 2.69. The lowest BCUT2D eigenvalue weighted by Gasteiger charge is -2.44. The number of halogens is 1. The molecular weight excluding hydrogens is 294 g/mol. The molecule has 1 aliphatic heterocycles. The van der Waals surface area contributed by atoms with E-state index in [-0.39, 0.29) is 0 Å². The van der Waals surface area contributed by atoms with Gasteiger partial charge in [0.05, 0.1) is 13.2 Å². The summed E-state index contributed by atoms with van der Waals surface area (Å²) >= 11 is 3.43. The smallest absolute Gasteiger partial charge is 0.119 e. The van der Waals surface area contributed by atoms with E-state index in [4.69, 9.17) is 9.47 Å². The first-order valence-corrected chi connectivity index (χ1v) is 7.34. The molecule has 1 heterocycles. The van der Waals surface area contributed by atoms with Crippen molar-refractivity contribution in [3.8, 4) is 5.75 Å². The van der Waals surface area contributed by atoms with Gasteiger partial charge in [-0.15, -0.1) is 0 Å². The molecule has 4 heteroatoms. The molecule has 0 unspecified atom stereocenters. The summed E-state index contributed by atoms with van der Waals surface area (Å²) in [6, 6.07) is 8.79. The van der Waals surface area contributed by atoms with Crippen molar-refractivity contribution in [2.24, 2.45) is 0 Å². The fourth-order valence-corrected chi connectivity index (χ4v) is 2.84. The minimum absolute atomic E-state index is 0.388. The Bertz CT molecular complexity index is 383. The van der Waals surface area contributed by atoms with Crippen LogP contribution in [-0.4, -0.2) is 43.3 Å². The van der Waals surface area contributed by atoms with Gasteiger partial charge in [0.1, 0.15) is 11.9 Å². The van der Waals surface area contributed by atoms with Gasteiger partial charge in [-0.05, 0) is 24.3 Å². The van der Waals surface area contributed by atoms with Crippen LogP contribution in [0.25, 0.3) is 0 Å². The molecular formula is C14H18BrNO2. The summed E-state index contributed by atoms with van der Waals surface area (Å²) in [7, 11) is 0. The predicted molar refractivity (Wildman–Crippen MR) is 74.0 cm³/mol. The second-order valence-electron chi connectivity index (χ2n) is 4.97. The molecule has 3 nitrogen and oxygen atoms in total. The molecule has 0 bridgehead atoms. The molecule has 18 heavy (non-hydrogen) atoms. The van der Waals surface area contributed by atoms with Gasteiger partial charge in [-0.3, -0.25) is 4.90 Å². The Hall–Kier alpha value is -0.580. The van der Waals surface area contributed by atoms with E-state index in [1.807, 2.05) is 24.3 Å². The number of hydrogen-bond donors (Lipinski definition) is 0. The molecule has 0 N–H and O–H groups in total. The van der Waals surface area contributed by atoms with Gasteiger partial charge in [0.15, 0.2) is 0 Å². The van der Waals surface area contributed by atoms with Gasteiger partial charge < -0.3 is 9.47 Å². The molecule has 0 aromatic heterocycles. The van der Waals surface area contributed by atoms with Crippen molar-refractivity contribution in [2.45, 2.75) is 25.0 Å². The molecule has 1 aromatic rings. The van der Waals surface area contributed by atoms with Crippen molar-refractivity contribution in [3.05, 3.63) is 28.7 Å². The zero-order chi connectivity index (χ0) is 12.4. The highest BCUT2D eigenvalue weighted by Crippen LogP contribution is 2.30. The van der Waals surface area contributed by atoms with Gasteiger partial charge in [-0.25, -0.2) is 0 Å². The van der Waals surface area contributed by atoms with Crippen LogP contribution >= 0.6 is 15.9 Å². The molecule has 0 radical (unpaired) electrons. The third-order valence-corrected chi connectivity index (χ3v) is 4.28. The second kappa shape index (κ2) is 5.59. The molecule has 3 rings (SSSR count). The molecule has 98 valence electrons. The first-order chi connectivity index (χ1) is 8.81. The highest BCUT2D eigenvalue weighted by atomic mass is 79.9. The monoisotopic (exact) mass is 311 g/mol. The van der Waals surface area contributed by atoms with Crippen LogP contribution in [0.1, 0.15) is 12.8 Å². The third kappa shape index (κ3) is 2.87. The largest absolute Gasteiger partial charge is 0.490 e. The summed E-state index contributed by atoms with van der Waals surface area (Å²) in [5.41, 5.74) is 0. The van der Waals surface area contributed by atoms with Crippen LogP contribution in [0.5, 0.6) is 5.75 Å². The molecule has 1 aromatic carbocycles. The van der Waals surface area contributed by atoms with Crippen LogP contribution in [0.4, 0.5) is 0 Å². The average Bonchev–Trinajstić information content (AvgIpc) is 2.36. The second-order valence-corrected chi connectivity index (χ2v) is 5.88. The molecule has 1 saturated heterocycles. The summed E-state index contributed by atoms with van der Waals surface area (Å²) in [5, 5.41) is 0. The van der Waals surface area contributed by atoms with Gasteiger partial charge >= 0.3 is 0 Å². The summed E-state index contributed by atoms with van der Waals surface area (Å²) in [6.45, 7) is 3.93. The summed E-state index contributed by atoms with van der Waals surface area (Å²) in [5.74, 6) is 0.976. The Morgan fingerprint density at radius 2 is 1.78 bits per heavy atom. The fourth-order valence-electron chi connectivity index (χ4n) is 2.58. The number of hydrogen-bond acceptors (Lipinski definition) is 3. The molecule has 2 aliphatic rings. The molecule has 2 fully saturated rings. The Kier molecular flexibility index (Phi) is 3.87. The van der Waals surface area contributed by atoms with Crippen molar-refractivity contribution in [3.63, 3.8) is 0 Å². The first-order valence-electron chi connectivity index (χ1n) is 6.55. The predicted octanol–water partition coefficient (Wildman–Crippen LogP) is 2.69. The lowest BCUT2D eigenvalue weighted by atomic mass is 9.87. The maximum Gasteiger partial charge on any atom is 0.119 e. The van der Waals surface area contributed by atoms with Gasteiger partial charge in [0.25, 0.3) is 0 Å². The molecule has 0 spiro atoms. The highest BCUT2D eigenvalue weighted by molar-refractivity contribution is 9.10. The Labute approximate surface area is 116 Å². The molecule has 0 atom stereocenters. The summed E-state index contributed by atoms with van der Waals surface area (Å²) < 4.78 is 12.4. The lowest BCUT2D eigenvalue weighted by Crippen LogP contribution is -2.52. The molecule has 0 amide bonds. The number of benzene rings is 1. The normalized spacial score (nSPS) is 28.7. The van der Waals surface area contributed by atoms with Gasteiger partial charge in [-0.2, -0.15) is 0 Å². The molecule has 1 aliphatic carbocycles. The van der Waals surface area contributed by atoms with E-state index >= 15 is 0 Å². The van der Waals surface area contributed by atoms with Crippen LogP contribution in [0.2, 0.25) is 0 Å². The first kappa shape index (κ1) is 12.5. The Morgan fingerprint density at radius 3 is 2.44 bits per heavy atom. The minimum atomic E-state index is 0.388. The Balaban J connectivity index is 1.46. The third-order valence-electron chi connectivity index (χ3n) is 3.75. The number of ether oxygens (including phenoxy) is 2.